The molecule has 20 heavy (non-hydrogen) atoms. The third-order valence-corrected chi connectivity index (χ3v) is 4.21. The van der Waals surface area contributed by atoms with Gasteiger partial charge in [0.2, 0.25) is 0 Å². The van der Waals surface area contributed by atoms with Gasteiger partial charge in [-0.05, 0) is 0 Å². The van der Waals surface area contributed by atoms with E-state index in [-0.39, 0.29) is 0 Å². The van der Waals surface area contributed by atoms with E-state index >= 15 is 0 Å². The number of aromatic nitrogens is 3. The molecule has 2 aromatic heterocycles. The molecule has 3 aromatic rings. The van der Waals surface area contributed by atoms with Crippen molar-refractivity contribution >= 4 is 22.5 Å². The molecule has 5 heteroatoms. The van der Waals surface area contributed by atoms with Gasteiger partial charge in [0.25, 0.3) is 0 Å². The van der Waals surface area contributed by atoms with E-state index in [1.54, 1.807) is 11.8 Å². The van der Waals surface area contributed by atoms with Crippen LogP contribution in [0.3, 0.4) is 0 Å². The predicted octanol–water partition coefficient (Wildman–Crippen LogP) is 2.89. The van der Waals surface area contributed by atoms with Gasteiger partial charge in [-0.15, -0.1) is 11.8 Å². The van der Waals surface area contributed by atoms with Gasteiger partial charge in [0, 0.05) is 30.3 Å². The summed E-state index contributed by atoms with van der Waals surface area (Å²) in [6.45, 7) is 0.890. The lowest BCUT2D eigenvalue weighted by Gasteiger charge is -2.00. The molecule has 0 spiro atoms. The van der Waals surface area contributed by atoms with Crippen molar-refractivity contribution in [2.45, 2.75) is 0 Å². The van der Waals surface area contributed by atoms with Gasteiger partial charge < -0.3 is 4.40 Å². The summed E-state index contributed by atoms with van der Waals surface area (Å²) in [5.41, 5.74) is 3.86. The van der Waals surface area contributed by atoms with Gasteiger partial charge in [-0.2, -0.15) is 0 Å². The Hall–Kier alpha value is -2.14. The summed E-state index contributed by atoms with van der Waals surface area (Å²) in [5, 5.41) is 1.04. The second-order valence-electron chi connectivity index (χ2n) is 4.57. The number of aliphatic imine (C=N–C) groups is 1. The fourth-order valence-electron chi connectivity index (χ4n) is 2.25. The zero-order valence-electron chi connectivity index (χ0n) is 10.7. The van der Waals surface area contributed by atoms with Gasteiger partial charge in [0.05, 0.1) is 11.9 Å². The maximum atomic E-state index is 4.58. The minimum atomic E-state index is 0.856. The summed E-state index contributed by atoms with van der Waals surface area (Å²) in [4.78, 5) is 13.5. The highest BCUT2D eigenvalue weighted by atomic mass is 32.2. The van der Waals surface area contributed by atoms with Crippen LogP contribution in [0.4, 0.5) is 0 Å². The van der Waals surface area contributed by atoms with Crippen LogP contribution in [0.25, 0.3) is 16.9 Å². The molecule has 0 aliphatic carbocycles. The lowest BCUT2D eigenvalue weighted by molar-refractivity contribution is 1.13. The lowest BCUT2D eigenvalue weighted by atomic mass is 10.2. The van der Waals surface area contributed by atoms with E-state index in [1.165, 1.54) is 0 Å². The van der Waals surface area contributed by atoms with Gasteiger partial charge in [-0.3, -0.25) is 9.98 Å². The Kier molecular flexibility index (Phi) is 2.77. The largest absolute Gasteiger partial charge is 0.303 e. The van der Waals surface area contributed by atoms with Crippen molar-refractivity contribution < 1.29 is 0 Å². The van der Waals surface area contributed by atoms with E-state index in [0.717, 1.165) is 39.9 Å². The molecule has 0 saturated carbocycles. The number of benzene rings is 1. The summed E-state index contributed by atoms with van der Waals surface area (Å²) < 4.78 is 2.02. The molecule has 0 bridgehead atoms. The monoisotopic (exact) mass is 280 g/mol. The van der Waals surface area contributed by atoms with Crippen molar-refractivity contribution in [1.82, 2.24) is 14.4 Å². The van der Waals surface area contributed by atoms with Gasteiger partial charge in [-0.25, -0.2) is 4.98 Å². The predicted molar refractivity (Wildman–Crippen MR) is 82.3 cm³/mol. The average molecular weight is 280 g/mol. The summed E-state index contributed by atoms with van der Waals surface area (Å²) in [5.74, 6) is 1.05. The Morgan fingerprint density at radius 1 is 1.05 bits per heavy atom. The highest BCUT2D eigenvalue weighted by Crippen LogP contribution is 2.21. The highest BCUT2D eigenvalue weighted by Gasteiger charge is 2.13. The molecular formula is C15H12N4S. The molecule has 0 atom stereocenters. The number of fused-ring (bicyclic) bond motifs is 1. The SMILES string of the molecule is c1ccc(-c2cn3cc(C4=NCCS4)nc3cn2)cc1. The van der Waals surface area contributed by atoms with Crippen molar-refractivity contribution in [2.24, 2.45) is 4.99 Å². The Morgan fingerprint density at radius 3 is 2.70 bits per heavy atom. The second kappa shape index (κ2) is 4.76. The molecule has 98 valence electrons. The van der Waals surface area contributed by atoms with Gasteiger partial charge in [-0.1, -0.05) is 30.3 Å². The number of rotatable bonds is 2. The molecule has 0 amide bonds. The van der Waals surface area contributed by atoms with Crippen LogP contribution in [0.1, 0.15) is 5.69 Å². The van der Waals surface area contributed by atoms with Gasteiger partial charge >= 0.3 is 0 Å². The first-order valence-electron chi connectivity index (χ1n) is 6.48. The summed E-state index contributed by atoms with van der Waals surface area (Å²) in [6, 6.07) is 10.2. The molecule has 0 saturated heterocycles. The van der Waals surface area contributed by atoms with Crippen molar-refractivity contribution in [1.29, 1.82) is 0 Å². The van der Waals surface area contributed by atoms with Gasteiger partial charge in [0.1, 0.15) is 10.7 Å². The van der Waals surface area contributed by atoms with Crippen LogP contribution < -0.4 is 0 Å². The maximum absolute atomic E-state index is 4.58. The maximum Gasteiger partial charge on any atom is 0.156 e. The van der Waals surface area contributed by atoms with Gasteiger partial charge in [0.15, 0.2) is 5.65 Å². The van der Waals surface area contributed by atoms with E-state index in [1.807, 2.05) is 41.2 Å². The first kappa shape index (κ1) is 11.7. The molecule has 1 aromatic carbocycles. The zero-order valence-corrected chi connectivity index (χ0v) is 11.5. The standard InChI is InChI=1S/C15H12N4S/c1-2-4-11(5-3-1)12-9-19-10-13(15-16-6-7-20-15)18-14(19)8-17-12/h1-5,8-10H,6-7H2. The first-order chi connectivity index (χ1) is 9.90. The summed E-state index contributed by atoms with van der Waals surface area (Å²) in [7, 11) is 0. The lowest BCUT2D eigenvalue weighted by Crippen LogP contribution is -1.90. The van der Waals surface area contributed by atoms with Crippen LogP contribution >= 0.6 is 11.8 Å². The minimum absolute atomic E-state index is 0.856. The molecule has 0 radical (unpaired) electrons. The Balaban J connectivity index is 1.80. The molecule has 1 aliphatic rings. The Labute approximate surface area is 120 Å². The number of thioether (sulfide) groups is 1. The minimum Gasteiger partial charge on any atom is -0.303 e. The average Bonchev–Trinajstić information content (AvgIpc) is 3.16. The molecule has 3 heterocycles. The van der Waals surface area contributed by atoms with E-state index in [0.29, 0.717) is 0 Å². The van der Waals surface area contributed by atoms with E-state index in [2.05, 4.69) is 27.1 Å². The number of hydrogen-bond acceptors (Lipinski definition) is 4. The van der Waals surface area contributed by atoms with Crippen molar-refractivity contribution in [3.05, 3.63) is 54.6 Å². The van der Waals surface area contributed by atoms with Crippen LogP contribution in [0, 0.1) is 0 Å². The van der Waals surface area contributed by atoms with E-state index < -0.39 is 0 Å². The molecule has 1 aliphatic heterocycles. The zero-order chi connectivity index (χ0) is 13.4. The molecule has 0 N–H and O–H groups in total. The van der Waals surface area contributed by atoms with Crippen LogP contribution in [-0.4, -0.2) is 31.7 Å². The molecule has 4 nitrogen and oxygen atoms in total. The second-order valence-corrected chi connectivity index (χ2v) is 5.65. The molecule has 4 rings (SSSR count). The molecule has 0 fully saturated rings. The summed E-state index contributed by atoms with van der Waals surface area (Å²) >= 11 is 1.77. The Morgan fingerprint density at radius 2 is 1.90 bits per heavy atom. The van der Waals surface area contributed by atoms with Crippen molar-refractivity contribution in [2.75, 3.05) is 12.3 Å². The number of imidazole rings is 1. The smallest absolute Gasteiger partial charge is 0.156 e. The first-order valence-corrected chi connectivity index (χ1v) is 7.46. The topological polar surface area (TPSA) is 42.5 Å². The summed E-state index contributed by atoms with van der Waals surface area (Å²) in [6.07, 6.45) is 5.86. The van der Waals surface area contributed by atoms with Crippen molar-refractivity contribution in [3.63, 3.8) is 0 Å². The number of nitrogens with zero attached hydrogens (tertiary/aromatic N) is 4. The van der Waals surface area contributed by atoms with E-state index in [4.69, 9.17) is 0 Å². The number of hydrogen-bond donors (Lipinski definition) is 0. The molecule has 0 unspecified atom stereocenters. The third kappa shape index (κ3) is 2.00. The van der Waals surface area contributed by atoms with Crippen LogP contribution in [0.15, 0.2) is 53.9 Å². The van der Waals surface area contributed by atoms with Crippen LogP contribution in [0.2, 0.25) is 0 Å². The molecular weight excluding hydrogens is 268 g/mol. The van der Waals surface area contributed by atoms with Crippen molar-refractivity contribution in [3.8, 4) is 11.3 Å². The van der Waals surface area contributed by atoms with Crippen LogP contribution in [-0.2, 0) is 0 Å². The van der Waals surface area contributed by atoms with E-state index in [9.17, 15) is 0 Å². The van der Waals surface area contributed by atoms with Crippen LogP contribution in [0.5, 0.6) is 0 Å². The fourth-order valence-corrected chi connectivity index (χ4v) is 3.06. The third-order valence-electron chi connectivity index (χ3n) is 3.22. The Bertz CT molecular complexity index is 792. The normalized spacial score (nSPS) is 14.7. The fraction of sp³-hybridized carbons (Fsp3) is 0.133. The quantitative estimate of drug-likeness (QED) is 0.725. The highest BCUT2D eigenvalue weighted by molar-refractivity contribution is 8.14.